The van der Waals surface area contributed by atoms with Crippen molar-refractivity contribution >= 4 is 11.9 Å². The number of halogens is 1. The maximum absolute atomic E-state index is 13.6. The number of benzene rings is 1. The maximum atomic E-state index is 13.6. The molecule has 0 bridgehead atoms. The van der Waals surface area contributed by atoms with E-state index in [0.717, 1.165) is 6.54 Å². The first kappa shape index (κ1) is 12.3. The number of aromatic nitrogens is 3. The number of nitrogens with zero attached hydrogens (tertiary/aromatic N) is 3. The van der Waals surface area contributed by atoms with Crippen LogP contribution >= 0.6 is 0 Å². The Morgan fingerprint density at radius 1 is 1.39 bits per heavy atom. The Morgan fingerprint density at radius 3 is 2.78 bits per heavy atom. The van der Waals surface area contributed by atoms with E-state index in [1.807, 2.05) is 0 Å². The molecule has 0 aliphatic rings. The van der Waals surface area contributed by atoms with Crippen molar-refractivity contribution in [3.8, 4) is 5.69 Å². The summed E-state index contributed by atoms with van der Waals surface area (Å²) in [6.07, 6.45) is 0. The molecule has 1 aromatic carbocycles. The van der Waals surface area contributed by atoms with Crippen LogP contribution in [0.15, 0.2) is 24.3 Å². The SMILES string of the molecule is CC(C)CNc1nc(N)n(-c2ccccc2F)n1. The third-order valence-corrected chi connectivity index (χ3v) is 2.38. The topological polar surface area (TPSA) is 68.8 Å². The Bertz CT molecular complexity index is 535. The van der Waals surface area contributed by atoms with Crippen LogP contribution in [0, 0.1) is 11.7 Å². The van der Waals surface area contributed by atoms with Gasteiger partial charge in [-0.05, 0) is 18.1 Å². The monoisotopic (exact) mass is 249 g/mol. The molecule has 0 amide bonds. The van der Waals surface area contributed by atoms with E-state index in [2.05, 4.69) is 29.2 Å². The molecule has 6 heteroatoms. The average Bonchev–Trinajstić information content (AvgIpc) is 2.69. The molecule has 0 saturated carbocycles. The molecule has 3 N–H and O–H groups in total. The van der Waals surface area contributed by atoms with Crippen molar-refractivity contribution in [1.82, 2.24) is 14.8 Å². The van der Waals surface area contributed by atoms with Crippen LogP contribution in [0.3, 0.4) is 0 Å². The smallest absolute Gasteiger partial charge is 0.244 e. The van der Waals surface area contributed by atoms with E-state index in [9.17, 15) is 4.39 Å². The minimum Gasteiger partial charge on any atom is -0.368 e. The van der Waals surface area contributed by atoms with E-state index in [4.69, 9.17) is 5.73 Å². The van der Waals surface area contributed by atoms with Gasteiger partial charge in [-0.3, -0.25) is 0 Å². The van der Waals surface area contributed by atoms with E-state index < -0.39 is 0 Å². The van der Waals surface area contributed by atoms with Gasteiger partial charge in [0.1, 0.15) is 11.5 Å². The largest absolute Gasteiger partial charge is 0.368 e. The Labute approximate surface area is 105 Å². The molecule has 0 aliphatic carbocycles. The molecular formula is C12H16FN5. The second-order valence-corrected chi connectivity index (χ2v) is 4.43. The van der Waals surface area contributed by atoms with Crippen LogP contribution in [0.1, 0.15) is 13.8 Å². The van der Waals surface area contributed by atoms with Crippen molar-refractivity contribution in [3.63, 3.8) is 0 Å². The summed E-state index contributed by atoms with van der Waals surface area (Å²) in [5.41, 5.74) is 6.02. The fourth-order valence-electron chi connectivity index (χ4n) is 1.50. The van der Waals surface area contributed by atoms with E-state index in [-0.39, 0.29) is 11.8 Å². The Kier molecular flexibility index (Phi) is 3.45. The molecule has 18 heavy (non-hydrogen) atoms. The molecule has 0 aliphatic heterocycles. The Morgan fingerprint density at radius 2 is 2.11 bits per heavy atom. The van der Waals surface area contributed by atoms with Gasteiger partial charge in [-0.2, -0.15) is 9.67 Å². The predicted octanol–water partition coefficient (Wildman–Crippen LogP) is 2.06. The van der Waals surface area contributed by atoms with Crippen LogP contribution in [-0.2, 0) is 0 Å². The summed E-state index contributed by atoms with van der Waals surface area (Å²) in [6, 6.07) is 6.30. The normalized spacial score (nSPS) is 10.9. The molecule has 1 heterocycles. The molecule has 96 valence electrons. The highest BCUT2D eigenvalue weighted by Gasteiger charge is 2.11. The van der Waals surface area contributed by atoms with E-state index >= 15 is 0 Å². The van der Waals surface area contributed by atoms with E-state index in [1.54, 1.807) is 18.2 Å². The van der Waals surface area contributed by atoms with Crippen molar-refractivity contribution < 1.29 is 4.39 Å². The lowest BCUT2D eigenvalue weighted by Gasteiger charge is -2.04. The molecule has 1 aromatic heterocycles. The van der Waals surface area contributed by atoms with Crippen LogP contribution < -0.4 is 11.1 Å². The first-order valence-electron chi connectivity index (χ1n) is 5.79. The molecule has 5 nitrogen and oxygen atoms in total. The summed E-state index contributed by atoms with van der Waals surface area (Å²) in [4.78, 5) is 4.05. The van der Waals surface area contributed by atoms with Gasteiger partial charge >= 0.3 is 0 Å². The summed E-state index contributed by atoms with van der Waals surface area (Å²) < 4.78 is 14.9. The zero-order valence-electron chi connectivity index (χ0n) is 10.4. The van der Waals surface area contributed by atoms with Crippen LogP contribution in [0.2, 0.25) is 0 Å². The fourth-order valence-corrected chi connectivity index (χ4v) is 1.50. The highest BCUT2D eigenvalue weighted by atomic mass is 19.1. The van der Waals surface area contributed by atoms with Gasteiger partial charge in [0.2, 0.25) is 11.9 Å². The zero-order valence-corrected chi connectivity index (χ0v) is 10.4. The second kappa shape index (κ2) is 5.03. The van der Waals surface area contributed by atoms with Crippen molar-refractivity contribution in [2.75, 3.05) is 17.6 Å². The number of nitrogens with one attached hydrogen (secondary N) is 1. The van der Waals surface area contributed by atoms with Crippen LogP contribution in [0.4, 0.5) is 16.3 Å². The number of para-hydroxylation sites is 1. The number of hydrogen-bond acceptors (Lipinski definition) is 4. The minimum atomic E-state index is -0.385. The van der Waals surface area contributed by atoms with Gasteiger partial charge < -0.3 is 11.1 Å². The second-order valence-electron chi connectivity index (χ2n) is 4.43. The van der Waals surface area contributed by atoms with Gasteiger partial charge in [-0.25, -0.2) is 4.39 Å². The summed E-state index contributed by atoms with van der Waals surface area (Å²) >= 11 is 0. The van der Waals surface area contributed by atoms with Gasteiger partial charge in [0, 0.05) is 6.54 Å². The molecule has 0 spiro atoms. The number of anilines is 2. The molecule has 0 unspecified atom stereocenters. The highest BCUT2D eigenvalue weighted by molar-refractivity contribution is 5.42. The zero-order chi connectivity index (χ0) is 13.1. The third-order valence-electron chi connectivity index (χ3n) is 2.38. The molecule has 0 atom stereocenters. The quantitative estimate of drug-likeness (QED) is 0.870. The van der Waals surface area contributed by atoms with Gasteiger partial charge in [0.25, 0.3) is 0 Å². The molecular weight excluding hydrogens is 233 g/mol. The minimum absolute atomic E-state index is 0.159. The predicted molar refractivity (Wildman–Crippen MR) is 69.1 cm³/mol. The first-order chi connectivity index (χ1) is 8.58. The summed E-state index contributed by atoms with van der Waals surface area (Å²) in [6.45, 7) is 4.88. The van der Waals surface area contributed by atoms with Gasteiger partial charge in [0.05, 0.1) is 0 Å². The molecule has 0 radical (unpaired) electrons. The molecule has 2 rings (SSSR count). The lowest BCUT2D eigenvalue weighted by Crippen LogP contribution is -2.09. The number of rotatable bonds is 4. The van der Waals surface area contributed by atoms with E-state index in [0.29, 0.717) is 17.6 Å². The first-order valence-corrected chi connectivity index (χ1v) is 5.79. The van der Waals surface area contributed by atoms with Crippen molar-refractivity contribution in [2.45, 2.75) is 13.8 Å². The summed E-state index contributed by atoms with van der Waals surface area (Å²) in [7, 11) is 0. The van der Waals surface area contributed by atoms with Crippen LogP contribution in [0.25, 0.3) is 5.69 Å². The van der Waals surface area contributed by atoms with Crippen molar-refractivity contribution in [1.29, 1.82) is 0 Å². The van der Waals surface area contributed by atoms with Gasteiger partial charge in [-0.1, -0.05) is 26.0 Å². The lowest BCUT2D eigenvalue weighted by molar-refractivity contribution is 0.611. The number of nitrogen functional groups attached to an aromatic ring is 1. The molecule has 0 saturated heterocycles. The van der Waals surface area contributed by atoms with Crippen LogP contribution in [-0.4, -0.2) is 21.3 Å². The Hall–Kier alpha value is -2.11. The fraction of sp³-hybridized carbons (Fsp3) is 0.333. The lowest BCUT2D eigenvalue weighted by atomic mass is 10.2. The average molecular weight is 249 g/mol. The van der Waals surface area contributed by atoms with Crippen molar-refractivity contribution in [3.05, 3.63) is 30.1 Å². The van der Waals surface area contributed by atoms with Crippen LogP contribution in [0.5, 0.6) is 0 Å². The van der Waals surface area contributed by atoms with Gasteiger partial charge in [-0.15, -0.1) is 5.10 Å². The van der Waals surface area contributed by atoms with E-state index in [1.165, 1.54) is 10.7 Å². The molecule has 0 fully saturated rings. The molecule has 2 aromatic rings. The summed E-state index contributed by atoms with van der Waals surface area (Å²) in [5.74, 6) is 0.645. The third kappa shape index (κ3) is 2.58. The highest BCUT2D eigenvalue weighted by Crippen LogP contribution is 2.16. The van der Waals surface area contributed by atoms with Gasteiger partial charge in [0.15, 0.2) is 0 Å². The number of hydrogen-bond donors (Lipinski definition) is 2. The maximum Gasteiger partial charge on any atom is 0.244 e. The summed E-state index contributed by atoms with van der Waals surface area (Å²) in [5, 5.41) is 7.19. The number of nitrogens with two attached hydrogens (primary N) is 1. The van der Waals surface area contributed by atoms with Crippen molar-refractivity contribution in [2.24, 2.45) is 5.92 Å². The Balaban J connectivity index is 2.27. The standard InChI is InChI=1S/C12H16FN5/c1-8(2)7-15-12-16-11(14)18(17-12)10-6-4-3-5-9(10)13/h3-6,8H,7H2,1-2H3,(H3,14,15,16,17).